The molecule has 0 aliphatic rings. The van der Waals surface area contributed by atoms with Crippen LogP contribution in [0.3, 0.4) is 0 Å². The van der Waals surface area contributed by atoms with Crippen molar-refractivity contribution in [2.45, 2.75) is 12.3 Å². The number of halogens is 4. The number of benzene rings is 2. The summed E-state index contributed by atoms with van der Waals surface area (Å²) in [6.45, 7) is 0. The number of rotatable bonds is 2. The lowest BCUT2D eigenvalue weighted by atomic mass is 10.0. The monoisotopic (exact) mass is 330 g/mol. The summed E-state index contributed by atoms with van der Waals surface area (Å²) in [5.74, 6) is 0. The van der Waals surface area contributed by atoms with Crippen molar-refractivity contribution in [3.63, 3.8) is 0 Å². The van der Waals surface area contributed by atoms with E-state index in [0.29, 0.717) is 11.1 Å². The molecular weight excluding hydrogens is 321 g/mol. The standard InChI is InChI=1S/C14H10BrF3O/c15-12-7-3-10(4-8-12)13(19)9-1-5-11(6-2-9)14(16,17)18/h1-8,13,19H. The molecule has 0 bridgehead atoms. The lowest BCUT2D eigenvalue weighted by Gasteiger charge is -2.13. The van der Waals surface area contributed by atoms with Gasteiger partial charge in [-0.15, -0.1) is 0 Å². The Labute approximate surface area is 116 Å². The van der Waals surface area contributed by atoms with Crippen LogP contribution in [-0.4, -0.2) is 5.11 Å². The van der Waals surface area contributed by atoms with Gasteiger partial charge in [0.2, 0.25) is 0 Å². The van der Waals surface area contributed by atoms with Crippen LogP contribution >= 0.6 is 15.9 Å². The van der Waals surface area contributed by atoms with Gasteiger partial charge in [0.1, 0.15) is 6.10 Å². The Kier molecular flexibility index (Phi) is 3.96. The van der Waals surface area contributed by atoms with E-state index in [1.807, 2.05) is 0 Å². The maximum absolute atomic E-state index is 12.4. The molecule has 19 heavy (non-hydrogen) atoms. The molecule has 100 valence electrons. The first kappa shape index (κ1) is 14.1. The van der Waals surface area contributed by atoms with Gasteiger partial charge in [-0.3, -0.25) is 0 Å². The number of hydrogen-bond donors (Lipinski definition) is 1. The van der Waals surface area contributed by atoms with Crippen LogP contribution in [0.2, 0.25) is 0 Å². The van der Waals surface area contributed by atoms with Gasteiger partial charge in [-0.1, -0.05) is 40.2 Å². The van der Waals surface area contributed by atoms with E-state index in [1.165, 1.54) is 12.1 Å². The maximum atomic E-state index is 12.4. The molecular formula is C14H10BrF3O. The molecule has 1 N–H and O–H groups in total. The number of aliphatic hydroxyl groups is 1. The first-order chi connectivity index (χ1) is 8.88. The first-order valence-corrected chi connectivity index (χ1v) is 6.28. The van der Waals surface area contributed by atoms with Crippen molar-refractivity contribution in [2.75, 3.05) is 0 Å². The molecule has 0 spiro atoms. The second kappa shape index (κ2) is 5.35. The quantitative estimate of drug-likeness (QED) is 0.856. The summed E-state index contributed by atoms with van der Waals surface area (Å²) in [6.07, 6.45) is -5.29. The summed E-state index contributed by atoms with van der Waals surface area (Å²) < 4.78 is 38.1. The largest absolute Gasteiger partial charge is 0.416 e. The van der Waals surface area contributed by atoms with Gasteiger partial charge in [-0.05, 0) is 35.4 Å². The molecule has 2 aromatic rings. The molecule has 0 amide bonds. The van der Waals surface area contributed by atoms with Gasteiger partial charge in [0.15, 0.2) is 0 Å². The predicted octanol–water partition coefficient (Wildman–Crippen LogP) is 4.55. The molecule has 0 aliphatic carbocycles. The lowest BCUT2D eigenvalue weighted by Crippen LogP contribution is -2.06. The Hall–Kier alpha value is -1.33. The third-order valence-electron chi connectivity index (χ3n) is 2.74. The molecule has 0 fully saturated rings. The number of hydrogen-bond acceptors (Lipinski definition) is 1. The van der Waals surface area contributed by atoms with E-state index < -0.39 is 17.8 Å². The van der Waals surface area contributed by atoms with Crippen LogP contribution < -0.4 is 0 Å². The molecule has 0 saturated carbocycles. The fourth-order valence-corrected chi connectivity index (χ4v) is 1.96. The summed E-state index contributed by atoms with van der Waals surface area (Å²) in [5, 5.41) is 10.1. The molecule has 0 aliphatic heterocycles. The van der Waals surface area contributed by atoms with Crippen LogP contribution in [0.5, 0.6) is 0 Å². The molecule has 2 aromatic carbocycles. The third-order valence-corrected chi connectivity index (χ3v) is 3.27. The second-order valence-electron chi connectivity index (χ2n) is 4.07. The van der Waals surface area contributed by atoms with Gasteiger partial charge in [0, 0.05) is 4.47 Å². The zero-order valence-electron chi connectivity index (χ0n) is 9.66. The van der Waals surface area contributed by atoms with Crippen LogP contribution in [0.4, 0.5) is 13.2 Å². The Bertz CT molecular complexity index is 546. The normalized spacial score (nSPS) is 13.3. The fraction of sp³-hybridized carbons (Fsp3) is 0.143. The van der Waals surface area contributed by atoms with Gasteiger partial charge in [-0.2, -0.15) is 13.2 Å². The first-order valence-electron chi connectivity index (χ1n) is 5.48. The minimum atomic E-state index is -4.36. The van der Waals surface area contributed by atoms with Gasteiger partial charge in [0.25, 0.3) is 0 Å². The van der Waals surface area contributed by atoms with Crippen LogP contribution in [0, 0.1) is 0 Å². The van der Waals surface area contributed by atoms with E-state index in [-0.39, 0.29) is 0 Å². The second-order valence-corrected chi connectivity index (χ2v) is 4.99. The van der Waals surface area contributed by atoms with Crippen molar-refractivity contribution >= 4 is 15.9 Å². The van der Waals surface area contributed by atoms with E-state index in [9.17, 15) is 18.3 Å². The maximum Gasteiger partial charge on any atom is 0.416 e. The van der Waals surface area contributed by atoms with E-state index in [4.69, 9.17) is 0 Å². The highest BCUT2D eigenvalue weighted by Crippen LogP contribution is 2.31. The van der Waals surface area contributed by atoms with Gasteiger partial charge in [0.05, 0.1) is 5.56 Å². The van der Waals surface area contributed by atoms with Crippen LogP contribution in [0.1, 0.15) is 22.8 Å². The summed E-state index contributed by atoms with van der Waals surface area (Å²) in [6, 6.07) is 11.5. The fourth-order valence-electron chi connectivity index (χ4n) is 1.69. The van der Waals surface area contributed by atoms with Gasteiger partial charge < -0.3 is 5.11 Å². The highest BCUT2D eigenvalue weighted by atomic mass is 79.9. The lowest BCUT2D eigenvalue weighted by molar-refractivity contribution is -0.137. The molecule has 0 aromatic heterocycles. The van der Waals surface area contributed by atoms with Crippen molar-refractivity contribution in [1.82, 2.24) is 0 Å². The molecule has 1 unspecified atom stereocenters. The number of aliphatic hydroxyl groups excluding tert-OH is 1. The minimum Gasteiger partial charge on any atom is -0.384 e. The molecule has 0 saturated heterocycles. The van der Waals surface area contributed by atoms with E-state index in [0.717, 1.165) is 16.6 Å². The highest BCUT2D eigenvalue weighted by molar-refractivity contribution is 9.10. The summed E-state index contributed by atoms with van der Waals surface area (Å²) in [7, 11) is 0. The minimum absolute atomic E-state index is 0.426. The van der Waals surface area contributed by atoms with Crippen molar-refractivity contribution in [2.24, 2.45) is 0 Å². The summed E-state index contributed by atoms with van der Waals surface area (Å²) >= 11 is 3.28. The highest BCUT2D eigenvalue weighted by Gasteiger charge is 2.30. The van der Waals surface area contributed by atoms with Crippen molar-refractivity contribution in [1.29, 1.82) is 0 Å². The van der Waals surface area contributed by atoms with Gasteiger partial charge >= 0.3 is 6.18 Å². The zero-order chi connectivity index (χ0) is 14.0. The van der Waals surface area contributed by atoms with E-state index >= 15 is 0 Å². The third kappa shape index (κ3) is 3.36. The number of alkyl halides is 3. The van der Waals surface area contributed by atoms with Crippen LogP contribution in [0.25, 0.3) is 0 Å². The average Bonchev–Trinajstić information content (AvgIpc) is 2.38. The predicted molar refractivity (Wildman–Crippen MR) is 69.6 cm³/mol. The molecule has 5 heteroatoms. The van der Waals surface area contributed by atoms with Gasteiger partial charge in [-0.25, -0.2) is 0 Å². The van der Waals surface area contributed by atoms with E-state index in [1.54, 1.807) is 24.3 Å². The summed E-state index contributed by atoms with van der Waals surface area (Å²) in [5.41, 5.74) is 0.331. The Morgan fingerprint density at radius 1 is 0.842 bits per heavy atom. The Morgan fingerprint density at radius 2 is 1.26 bits per heavy atom. The summed E-state index contributed by atoms with van der Waals surface area (Å²) in [4.78, 5) is 0. The smallest absolute Gasteiger partial charge is 0.384 e. The van der Waals surface area contributed by atoms with Crippen LogP contribution in [0.15, 0.2) is 53.0 Å². The molecule has 1 nitrogen and oxygen atoms in total. The van der Waals surface area contributed by atoms with E-state index in [2.05, 4.69) is 15.9 Å². The average molecular weight is 331 g/mol. The molecule has 0 radical (unpaired) electrons. The molecule has 2 rings (SSSR count). The molecule has 0 heterocycles. The van der Waals surface area contributed by atoms with Crippen LogP contribution in [-0.2, 0) is 6.18 Å². The SMILES string of the molecule is OC(c1ccc(Br)cc1)c1ccc(C(F)(F)F)cc1. The van der Waals surface area contributed by atoms with Crippen molar-refractivity contribution < 1.29 is 18.3 Å². The Morgan fingerprint density at radius 3 is 1.68 bits per heavy atom. The van der Waals surface area contributed by atoms with Crippen molar-refractivity contribution in [3.8, 4) is 0 Å². The Balaban J connectivity index is 2.25. The molecule has 1 atom stereocenters. The topological polar surface area (TPSA) is 20.2 Å². The van der Waals surface area contributed by atoms with Crippen molar-refractivity contribution in [3.05, 3.63) is 69.7 Å². The zero-order valence-corrected chi connectivity index (χ0v) is 11.2.